The summed E-state index contributed by atoms with van der Waals surface area (Å²) >= 11 is 0. The van der Waals surface area contributed by atoms with Gasteiger partial charge < -0.3 is 10.6 Å². The topological polar surface area (TPSA) is 95.6 Å². The third kappa shape index (κ3) is 5.43. The molecule has 7 nitrogen and oxygen atoms in total. The molecule has 2 aromatic carbocycles. The summed E-state index contributed by atoms with van der Waals surface area (Å²) in [5.41, 5.74) is 0.725. The summed E-state index contributed by atoms with van der Waals surface area (Å²) < 4.78 is 40.4. The van der Waals surface area contributed by atoms with Crippen LogP contribution in [0.4, 0.5) is 4.39 Å². The van der Waals surface area contributed by atoms with Crippen LogP contribution >= 0.6 is 0 Å². The molecule has 0 saturated carbocycles. The van der Waals surface area contributed by atoms with Crippen molar-refractivity contribution >= 4 is 21.8 Å². The monoisotopic (exact) mass is 433 g/mol. The number of halogens is 1. The maximum absolute atomic E-state index is 13.0. The number of nitrogens with zero attached hydrogens (tertiary/aromatic N) is 1. The molecule has 1 fully saturated rings. The van der Waals surface area contributed by atoms with Crippen LogP contribution < -0.4 is 10.6 Å². The molecule has 0 aromatic heterocycles. The molecule has 3 rings (SSSR count). The number of sulfonamides is 1. The molecular formula is C21H24FN3O4S. The van der Waals surface area contributed by atoms with Crippen molar-refractivity contribution in [2.75, 3.05) is 19.6 Å². The summed E-state index contributed by atoms with van der Waals surface area (Å²) in [7, 11) is -3.62. The number of hydrogen-bond donors (Lipinski definition) is 2. The number of carbonyl (C=O) groups is 2. The molecule has 0 bridgehead atoms. The summed E-state index contributed by atoms with van der Waals surface area (Å²) in [6.07, 6.45) is 2.70. The predicted octanol–water partition coefficient (Wildman–Crippen LogP) is 2.05. The Morgan fingerprint density at radius 1 is 0.933 bits per heavy atom. The van der Waals surface area contributed by atoms with E-state index in [0.29, 0.717) is 18.7 Å². The molecule has 1 aliphatic rings. The van der Waals surface area contributed by atoms with E-state index in [1.165, 1.54) is 16.4 Å². The summed E-state index contributed by atoms with van der Waals surface area (Å²) in [6.45, 7) is 0.739. The van der Waals surface area contributed by atoms with Crippen molar-refractivity contribution in [1.29, 1.82) is 0 Å². The molecule has 9 heteroatoms. The van der Waals surface area contributed by atoms with E-state index in [0.717, 1.165) is 31.4 Å². The molecule has 1 saturated heterocycles. The fourth-order valence-corrected chi connectivity index (χ4v) is 5.01. The molecule has 30 heavy (non-hydrogen) atoms. The van der Waals surface area contributed by atoms with Crippen molar-refractivity contribution in [2.24, 2.45) is 0 Å². The molecule has 0 atom stereocenters. The van der Waals surface area contributed by atoms with E-state index in [2.05, 4.69) is 10.6 Å². The highest BCUT2D eigenvalue weighted by molar-refractivity contribution is 7.89. The number of piperidine rings is 1. The number of nitrogens with one attached hydrogen (secondary N) is 2. The van der Waals surface area contributed by atoms with Gasteiger partial charge in [0.15, 0.2) is 0 Å². The predicted molar refractivity (Wildman–Crippen MR) is 110 cm³/mol. The Kier molecular flexibility index (Phi) is 7.17. The average molecular weight is 434 g/mol. The maximum Gasteiger partial charge on any atom is 0.251 e. The summed E-state index contributed by atoms with van der Waals surface area (Å²) in [4.78, 5) is 24.3. The number of benzene rings is 2. The molecule has 1 aliphatic heterocycles. The van der Waals surface area contributed by atoms with Crippen LogP contribution in [-0.2, 0) is 21.4 Å². The van der Waals surface area contributed by atoms with E-state index in [1.807, 2.05) is 0 Å². The summed E-state index contributed by atoms with van der Waals surface area (Å²) in [5, 5.41) is 5.08. The Bertz CT molecular complexity index is 1000. The Labute approximate surface area is 175 Å². The molecule has 0 unspecified atom stereocenters. The van der Waals surface area contributed by atoms with Gasteiger partial charge in [-0.1, -0.05) is 24.6 Å². The van der Waals surface area contributed by atoms with Crippen LogP contribution in [0.2, 0.25) is 0 Å². The van der Waals surface area contributed by atoms with Crippen molar-refractivity contribution in [3.05, 3.63) is 65.5 Å². The van der Waals surface area contributed by atoms with Gasteiger partial charge in [0.05, 0.1) is 11.4 Å². The zero-order valence-corrected chi connectivity index (χ0v) is 17.3. The van der Waals surface area contributed by atoms with Crippen LogP contribution in [0.25, 0.3) is 0 Å². The molecule has 1 heterocycles. The minimum Gasteiger partial charge on any atom is -0.350 e. The van der Waals surface area contributed by atoms with Crippen LogP contribution in [0.5, 0.6) is 0 Å². The van der Waals surface area contributed by atoms with Gasteiger partial charge in [0.1, 0.15) is 5.82 Å². The second-order valence-electron chi connectivity index (χ2n) is 7.04. The Hall–Kier alpha value is -2.78. The van der Waals surface area contributed by atoms with Crippen LogP contribution in [0.15, 0.2) is 53.4 Å². The normalized spacial score (nSPS) is 14.8. The average Bonchev–Trinajstić information content (AvgIpc) is 2.77. The van der Waals surface area contributed by atoms with E-state index < -0.39 is 27.7 Å². The van der Waals surface area contributed by atoms with Gasteiger partial charge in [-0.3, -0.25) is 9.59 Å². The third-order valence-corrected chi connectivity index (χ3v) is 6.90. The second kappa shape index (κ2) is 9.82. The van der Waals surface area contributed by atoms with Crippen molar-refractivity contribution in [3.63, 3.8) is 0 Å². The first-order chi connectivity index (χ1) is 14.4. The first kappa shape index (κ1) is 21.9. The number of hydrogen-bond acceptors (Lipinski definition) is 4. The van der Waals surface area contributed by atoms with E-state index in [-0.39, 0.29) is 23.5 Å². The largest absolute Gasteiger partial charge is 0.350 e. The van der Waals surface area contributed by atoms with Crippen molar-refractivity contribution in [3.8, 4) is 0 Å². The summed E-state index contributed by atoms with van der Waals surface area (Å²) in [5.74, 6) is -1.42. The van der Waals surface area contributed by atoms with Crippen LogP contribution in [0, 0.1) is 5.82 Å². The van der Waals surface area contributed by atoms with E-state index in [1.54, 1.807) is 24.3 Å². The second-order valence-corrected chi connectivity index (χ2v) is 8.95. The zero-order valence-electron chi connectivity index (χ0n) is 16.4. The van der Waals surface area contributed by atoms with Gasteiger partial charge in [0.25, 0.3) is 5.91 Å². The van der Waals surface area contributed by atoms with Gasteiger partial charge in [-0.25, -0.2) is 12.8 Å². The van der Waals surface area contributed by atoms with E-state index in [4.69, 9.17) is 0 Å². The molecule has 2 amide bonds. The highest BCUT2D eigenvalue weighted by atomic mass is 32.2. The minimum absolute atomic E-state index is 0.0223. The number of rotatable bonds is 7. The standard InChI is InChI=1S/C21H24FN3O4S/c22-18-10-8-16(9-11-18)21(27)24-15-20(26)23-14-17-6-2-3-7-19(17)30(28,29)25-12-4-1-5-13-25/h2-3,6-11H,1,4-5,12-15H2,(H,23,26)(H,24,27). The molecule has 160 valence electrons. The van der Waals surface area contributed by atoms with E-state index >= 15 is 0 Å². The first-order valence-electron chi connectivity index (χ1n) is 9.76. The fraction of sp³-hybridized carbons (Fsp3) is 0.333. The van der Waals surface area contributed by atoms with Crippen LogP contribution in [0.1, 0.15) is 35.2 Å². The molecule has 0 radical (unpaired) electrons. The van der Waals surface area contributed by atoms with Crippen LogP contribution in [-0.4, -0.2) is 44.2 Å². The van der Waals surface area contributed by atoms with Crippen LogP contribution in [0.3, 0.4) is 0 Å². The Morgan fingerprint density at radius 3 is 2.30 bits per heavy atom. The molecule has 2 N–H and O–H groups in total. The SMILES string of the molecule is O=C(CNC(=O)c1ccc(F)cc1)NCc1ccccc1S(=O)(=O)N1CCCCC1. The molecule has 0 spiro atoms. The Balaban J connectivity index is 1.58. The zero-order chi connectivity index (χ0) is 21.6. The van der Waals surface area contributed by atoms with Gasteiger partial charge >= 0.3 is 0 Å². The lowest BCUT2D eigenvalue weighted by Gasteiger charge is -2.26. The van der Waals surface area contributed by atoms with E-state index in [9.17, 15) is 22.4 Å². The minimum atomic E-state index is -3.62. The quantitative estimate of drug-likeness (QED) is 0.699. The summed E-state index contributed by atoms with van der Waals surface area (Å²) in [6, 6.07) is 11.5. The number of amides is 2. The van der Waals surface area contributed by atoms with Gasteiger partial charge in [-0.2, -0.15) is 4.31 Å². The smallest absolute Gasteiger partial charge is 0.251 e. The van der Waals surface area contributed by atoms with Crippen molar-refractivity contribution in [1.82, 2.24) is 14.9 Å². The van der Waals surface area contributed by atoms with Gasteiger partial charge in [-0.05, 0) is 48.7 Å². The number of carbonyl (C=O) groups excluding carboxylic acids is 2. The van der Waals surface area contributed by atoms with Gasteiger partial charge in [0.2, 0.25) is 15.9 Å². The van der Waals surface area contributed by atoms with Gasteiger partial charge in [-0.15, -0.1) is 0 Å². The highest BCUT2D eigenvalue weighted by Crippen LogP contribution is 2.23. The molecule has 2 aromatic rings. The lowest BCUT2D eigenvalue weighted by Crippen LogP contribution is -2.38. The molecular weight excluding hydrogens is 409 g/mol. The lowest BCUT2D eigenvalue weighted by atomic mass is 10.2. The van der Waals surface area contributed by atoms with Gasteiger partial charge in [0, 0.05) is 25.2 Å². The van der Waals surface area contributed by atoms with Crippen molar-refractivity contribution in [2.45, 2.75) is 30.7 Å². The first-order valence-corrected chi connectivity index (χ1v) is 11.2. The maximum atomic E-state index is 13.0. The lowest BCUT2D eigenvalue weighted by molar-refractivity contribution is -0.120. The highest BCUT2D eigenvalue weighted by Gasteiger charge is 2.27. The molecule has 0 aliphatic carbocycles. The Morgan fingerprint density at radius 2 is 1.60 bits per heavy atom. The fourth-order valence-electron chi connectivity index (χ4n) is 3.27. The van der Waals surface area contributed by atoms with Crippen molar-refractivity contribution < 1.29 is 22.4 Å². The third-order valence-electron chi connectivity index (χ3n) is 4.90.